The fourth-order valence-corrected chi connectivity index (χ4v) is 2.80. The van der Waals surface area contributed by atoms with Crippen molar-refractivity contribution in [1.29, 1.82) is 0 Å². The number of hydrogen-bond donors (Lipinski definition) is 2. The summed E-state index contributed by atoms with van der Waals surface area (Å²) in [5.41, 5.74) is 1.10. The molecule has 9 heteroatoms. The molecule has 2 N–H and O–H groups in total. The first kappa shape index (κ1) is 19.8. The Balaban J connectivity index is 0.00000264. The van der Waals surface area contributed by atoms with Crippen molar-refractivity contribution in [3.63, 3.8) is 0 Å². The molecule has 0 radical (unpaired) electrons. The van der Waals surface area contributed by atoms with Gasteiger partial charge in [-0.15, -0.1) is 45.5 Å². The summed E-state index contributed by atoms with van der Waals surface area (Å²) in [7, 11) is 0. The summed E-state index contributed by atoms with van der Waals surface area (Å²) in [6, 6.07) is 0. The van der Waals surface area contributed by atoms with Crippen LogP contribution < -0.4 is 10.6 Å². The van der Waals surface area contributed by atoms with Crippen molar-refractivity contribution in [2.75, 3.05) is 6.54 Å². The van der Waals surface area contributed by atoms with Gasteiger partial charge >= 0.3 is 0 Å². The van der Waals surface area contributed by atoms with Crippen molar-refractivity contribution < 1.29 is 0 Å². The van der Waals surface area contributed by atoms with Crippen LogP contribution in [0.3, 0.4) is 0 Å². The molecule has 0 amide bonds. The minimum absolute atomic E-state index is 0. The van der Waals surface area contributed by atoms with Crippen molar-refractivity contribution in [2.24, 2.45) is 4.99 Å². The van der Waals surface area contributed by atoms with Gasteiger partial charge in [-0.05, 0) is 27.7 Å². The average Bonchev–Trinajstić information content (AvgIpc) is 3.08. The molecule has 0 spiro atoms. The van der Waals surface area contributed by atoms with Crippen LogP contribution in [0, 0.1) is 13.8 Å². The van der Waals surface area contributed by atoms with E-state index in [1.165, 1.54) is 4.88 Å². The largest absolute Gasteiger partial charge is 0.357 e. The molecule has 0 unspecified atom stereocenters. The van der Waals surface area contributed by atoms with Crippen molar-refractivity contribution >= 4 is 41.3 Å². The summed E-state index contributed by atoms with van der Waals surface area (Å²) in [6.45, 7) is 11.1. The van der Waals surface area contributed by atoms with E-state index >= 15 is 0 Å². The molecule has 128 valence electrons. The summed E-state index contributed by atoms with van der Waals surface area (Å²) in [5.74, 6) is 1.62. The molecule has 2 aromatic rings. The van der Waals surface area contributed by atoms with E-state index < -0.39 is 0 Å². The zero-order chi connectivity index (χ0) is 15.9. The number of thiazole rings is 1. The standard InChI is InChI=1S/C14H23N7S.HI/c1-5-15-14(16-7-12-20-18-9-21(12)6-2)17-8-13-19-10(3)11(4)22-13;/h9H,5-8H2,1-4H3,(H2,15,16,17);1H. The number of aliphatic imine (C=N–C) groups is 1. The maximum atomic E-state index is 4.56. The Labute approximate surface area is 158 Å². The Morgan fingerprint density at radius 2 is 2.09 bits per heavy atom. The van der Waals surface area contributed by atoms with Gasteiger partial charge in [0.15, 0.2) is 11.8 Å². The fourth-order valence-electron chi connectivity index (χ4n) is 1.93. The summed E-state index contributed by atoms with van der Waals surface area (Å²) >= 11 is 1.71. The smallest absolute Gasteiger partial charge is 0.192 e. The minimum Gasteiger partial charge on any atom is -0.357 e. The van der Waals surface area contributed by atoms with Gasteiger partial charge in [0.2, 0.25) is 0 Å². The van der Waals surface area contributed by atoms with Gasteiger partial charge in [-0.25, -0.2) is 9.98 Å². The van der Waals surface area contributed by atoms with E-state index in [2.05, 4.69) is 44.7 Å². The number of hydrogen-bond acceptors (Lipinski definition) is 5. The van der Waals surface area contributed by atoms with Crippen molar-refractivity contribution in [2.45, 2.75) is 47.3 Å². The van der Waals surface area contributed by atoms with Crippen LogP contribution in [0.5, 0.6) is 0 Å². The van der Waals surface area contributed by atoms with Crippen LogP contribution in [0.25, 0.3) is 0 Å². The van der Waals surface area contributed by atoms with Crippen molar-refractivity contribution in [3.8, 4) is 0 Å². The normalized spacial score (nSPS) is 11.2. The van der Waals surface area contributed by atoms with Gasteiger partial charge < -0.3 is 15.2 Å². The second-order valence-electron chi connectivity index (χ2n) is 4.83. The number of aromatic nitrogens is 4. The zero-order valence-electron chi connectivity index (χ0n) is 14.0. The van der Waals surface area contributed by atoms with Gasteiger partial charge in [-0.1, -0.05) is 0 Å². The molecule has 0 aromatic carbocycles. The predicted octanol–water partition coefficient (Wildman–Crippen LogP) is 2.24. The van der Waals surface area contributed by atoms with Gasteiger partial charge in [0.1, 0.15) is 17.9 Å². The summed E-state index contributed by atoms with van der Waals surface area (Å²) < 4.78 is 1.99. The van der Waals surface area contributed by atoms with Gasteiger partial charge in [-0.2, -0.15) is 0 Å². The molecular formula is C14H24IN7S. The minimum atomic E-state index is 0. The van der Waals surface area contributed by atoms with Gasteiger partial charge in [0.05, 0.1) is 12.2 Å². The van der Waals surface area contributed by atoms with Gasteiger partial charge in [0, 0.05) is 18.0 Å². The van der Waals surface area contributed by atoms with E-state index in [9.17, 15) is 0 Å². The highest BCUT2D eigenvalue weighted by atomic mass is 127. The molecule has 23 heavy (non-hydrogen) atoms. The SMILES string of the molecule is CCNC(=NCc1nncn1CC)NCc1nc(C)c(C)s1.I. The third-order valence-corrected chi connectivity index (χ3v) is 4.31. The average molecular weight is 449 g/mol. The first-order valence-corrected chi connectivity index (χ1v) is 8.27. The van der Waals surface area contributed by atoms with Gasteiger partial charge in [-0.3, -0.25) is 0 Å². The maximum absolute atomic E-state index is 4.56. The lowest BCUT2D eigenvalue weighted by Gasteiger charge is -2.10. The van der Waals surface area contributed by atoms with Crippen LogP contribution in [-0.2, 0) is 19.6 Å². The number of guanidine groups is 1. The van der Waals surface area contributed by atoms with Crippen molar-refractivity contribution in [3.05, 3.63) is 27.7 Å². The Bertz CT molecular complexity index is 615. The van der Waals surface area contributed by atoms with E-state index in [0.29, 0.717) is 13.1 Å². The fraction of sp³-hybridized carbons (Fsp3) is 0.571. The van der Waals surface area contributed by atoms with Crippen molar-refractivity contribution in [1.82, 2.24) is 30.4 Å². The molecule has 0 aliphatic heterocycles. The molecule has 0 aliphatic carbocycles. The third-order valence-electron chi connectivity index (χ3n) is 3.24. The number of rotatable bonds is 6. The first-order valence-electron chi connectivity index (χ1n) is 7.45. The molecule has 0 fully saturated rings. The predicted molar refractivity (Wildman–Crippen MR) is 104 cm³/mol. The Morgan fingerprint density at radius 3 is 2.70 bits per heavy atom. The molecule has 0 saturated heterocycles. The molecule has 2 rings (SSSR count). The molecule has 7 nitrogen and oxygen atoms in total. The number of halogens is 1. The second kappa shape index (κ2) is 9.81. The zero-order valence-corrected chi connectivity index (χ0v) is 17.1. The second-order valence-corrected chi connectivity index (χ2v) is 6.12. The summed E-state index contributed by atoms with van der Waals surface area (Å²) in [6.07, 6.45) is 1.73. The maximum Gasteiger partial charge on any atom is 0.192 e. The van der Waals surface area contributed by atoms with Crippen LogP contribution in [0.1, 0.15) is 35.3 Å². The van der Waals surface area contributed by atoms with E-state index in [1.807, 2.05) is 18.4 Å². The van der Waals surface area contributed by atoms with Gasteiger partial charge in [0.25, 0.3) is 0 Å². The molecule has 0 saturated carbocycles. The Hall–Kier alpha value is -1.23. The van der Waals surface area contributed by atoms with Crippen LogP contribution in [0.4, 0.5) is 0 Å². The lowest BCUT2D eigenvalue weighted by molar-refractivity contribution is 0.694. The molecular weight excluding hydrogens is 425 g/mol. The molecule has 2 aromatic heterocycles. The lowest BCUT2D eigenvalue weighted by Crippen LogP contribution is -2.36. The van der Waals surface area contributed by atoms with E-state index in [0.717, 1.165) is 35.6 Å². The number of nitrogens with zero attached hydrogens (tertiary/aromatic N) is 5. The quantitative estimate of drug-likeness (QED) is 0.402. The topological polar surface area (TPSA) is 80.0 Å². The Morgan fingerprint density at radius 1 is 1.30 bits per heavy atom. The van der Waals surface area contributed by atoms with E-state index in [4.69, 9.17) is 0 Å². The van der Waals surface area contributed by atoms with E-state index in [1.54, 1.807) is 17.7 Å². The Kier molecular flexibility index (Phi) is 8.45. The highest BCUT2D eigenvalue weighted by molar-refractivity contribution is 14.0. The lowest BCUT2D eigenvalue weighted by atomic mass is 10.4. The monoisotopic (exact) mass is 449 g/mol. The highest BCUT2D eigenvalue weighted by Crippen LogP contribution is 2.15. The molecule has 0 bridgehead atoms. The summed E-state index contributed by atoms with van der Waals surface area (Å²) in [5, 5.41) is 15.6. The molecule has 2 heterocycles. The first-order chi connectivity index (χ1) is 10.6. The molecule has 0 aliphatic rings. The third kappa shape index (κ3) is 5.72. The van der Waals surface area contributed by atoms with Crippen LogP contribution in [0.2, 0.25) is 0 Å². The highest BCUT2D eigenvalue weighted by Gasteiger charge is 2.06. The number of nitrogens with one attached hydrogen (secondary N) is 2. The van der Waals surface area contributed by atoms with Crippen LogP contribution >= 0.6 is 35.3 Å². The molecule has 0 atom stereocenters. The number of aryl methyl sites for hydroxylation is 3. The van der Waals surface area contributed by atoms with Crippen LogP contribution in [-0.4, -0.2) is 32.3 Å². The van der Waals surface area contributed by atoms with E-state index in [-0.39, 0.29) is 24.0 Å². The van der Waals surface area contributed by atoms with Crippen LogP contribution in [0.15, 0.2) is 11.3 Å². The summed E-state index contributed by atoms with van der Waals surface area (Å²) in [4.78, 5) is 10.3.